The summed E-state index contributed by atoms with van der Waals surface area (Å²) in [5.41, 5.74) is 0. The average molecular weight is 299 g/mol. The number of carboxylic acids is 1. The average Bonchev–Trinajstić information content (AvgIpc) is 2.50. The topological polar surface area (TPSA) is 98.7 Å². The number of carbonyl (C=O) groups excluding carboxylic acids is 2. The van der Waals surface area contributed by atoms with Crippen molar-refractivity contribution in [2.75, 3.05) is 26.7 Å². The van der Waals surface area contributed by atoms with Crippen LogP contribution in [0.25, 0.3) is 0 Å². The van der Waals surface area contributed by atoms with Gasteiger partial charge in [0.05, 0.1) is 5.92 Å². The Kier molecular flexibility index (Phi) is 6.98. The van der Waals surface area contributed by atoms with Crippen LogP contribution in [-0.2, 0) is 9.59 Å². The molecule has 1 unspecified atom stereocenters. The first-order valence-corrected chi connectivity index (χ1v) is 7.43. The van der Waals surface area contributed by atoms with Crippen LogP contribution in [0.5, 0.6) is 0 Å². The second-order valence-corrected chi connectivity index (χ2v) is 5.49. The minimum Gasteiger partial charge on any atom is -0.481 e. The molecule has 0 spiro atoms. The zero-order chi connectivity index (χ0) is 15.8. The van der Waals surface area contributed by atoms with Gasteiger partial charge in [0.1, 0.15) is 0 Å². The first-order valence-electron chi connectivity index (χ1n) is 7.43. The lowest BCUT2D eigenvalue weighted by atomic mass is 9.96. The van der Waals surface area contributed by atoms with Crippen LogP contribution in [0.2, 0.25) is 0 Å². The third-order valence-electron chi connectivity index (χ3n) is 3.91. The molecule has 3 amide bonds. The van der Waals surface area contributed by atoms with E-state index in [2.05, 4.69) is 10.6 Å². The summed E-state index contributed by atoms with van der Waals surface area (Å²) in [6.07, 6.45) is 2.56. The van der Waals surface area contributed by atoms with Crippen molar-refractivity contribution in [3.8, 4) is 0 Å². The number of hydrogen-bond donors (Lipinski definition) is 3. The smallest absolute Gasteiger partial charge is 0.317 e. The molecule has 3 N–H and O–H groups in total. The lowest BCUT2D eigenvalue weighted by Gasteiger charge is -2.31. The number of amides is 3. The highest BCUT2D eigenvalue weighted by molar-refractivity contribution is 5.79. The molecule has 0 saturated carbocycles. The molecule has 0 bridgehead atoms. The molecule has 21 heavy (non-hydrogen) atoms. The van der Waals surface area contributed by atoms with E-state index >= 15 is 0 Å². The number of rotatable bonds is 6. The Morgan fingerprint density at radius 2 is 1.90 bits per heavy atom. The van der Waals surface area contributed by atoms with Gasteiger partial charge < -0.3 is 20.6 Å². The minimum absolute atomic E-state index is 0.00420. The fourth-order valence-corrected chi connectivity index (χ4v) is 2.39. The van der Waals surface area contributed by atoms with E-state index in [-0.39, 0.29) is 23.8 Å². The first kappa shape index (κ1) is 17.3. The van der Waals surface area contributed by atoms with Gasteiger partial charge in [0.2, 0.25) is 5.91 Å². The number of piperidine rings is 1. The van der Waals surface area contributed by atoms with Gasteiger partial charge in [0.25, 0.3) is 0 Å². The Bertz CT molecular complexity index is 378. The predicted molar refractivity (Wildman–Crippen MR) is 77.8 cm³/mol. The molecule has 0 aromatic heterocycles. The van der Waals surface area contributed by atoms with Crippen LogP contribution in [0.4, 0.5) is 4.79 Å². The van der Waals surface area contributed by atoms with Gasteiger partial charge in [-0.3, -0.25) is 9.59 Å². The van der Waals surface area contributed by atoms with Gasteiger partial charge in [-0.2, -0.15) is 0 Å². The highest BCUT2D eigenvalue weighted by atomic mass is 16.4. The molecule has 0 aromatic rings. The molecule has 0 radical (unpaired) electrons. The molecule has 0 aliphatic carbocycles. The molecule has 0 aromatic carbocycles. The minimum atomic E-state index is -0.808. The SMILES string of the molecule is CNC(=O)C1CCN(C(=O)NCCCC(C)C(=O)O)CC1. The molecule has 7 nitrogen and oxygen atoms in total. The van der Waals surface area contributed by atoms with Gasteiger partial charge in [0, 0.05) is 32.6 Å². The fourth-order valence-electron chi connectivity index (χ4n) is 2.39. The Morgan fingerprint density at radius 1 is 1.29 bits per heavy atom. The van der Waals surface area contributed by atoms with Crippen molar-refractivity contribution in [2.24, 2.45) is 11.8 Å². The van der Waals surface area contributed by atoms with E-state index in [9.17, 15) is 14.4 Å². The zero-order valence-electron chi connectivity index (χ0n) is 12.7. The summed E-state index contributed by atoms with van der Waals surface area (Å²) in [7, 11) is 1.62. The number of nitrogens with one attached hydrogen (secondary N) is 2. The molecule has 120 valence electrons. The van der Waals surface area contributed by atoms with Gasteiger partial charge >= 0.3 is 12.0 Å². The molecule has 1 aliphatic rings. The summed E-state index contributed by atoms with van der Waals surface area (Å²) in [6, 6.07) is -0.131. The second kappa shape index (κ2) is 8.49. The maximum absolute atomic E-state index is 11.9. The molecule has 1 heterocycles. The van der Waals surface area contributed by atoms with E-state index in [1.165, 1.54) is 0 Å². The summed E-state index contributed by atoms with van der Waals surface area (Å²) in [5, 5.41) is 14.2. The quantitative estimate of drug-likeness (QED) is 0.627. The first-order chi connectivity index (χ1) is 9.95. The molecule has 1 aliphatic heterocycles. The fraction of sp³-hybridized carbons (Fsp3) is 0.786. The monoisotopic (exact) mass is 299 g/mol. The van der Waals surface area contributed by atoms with Crippen LogP contribution in [0, 0.1) is 11.8 Å². The highest BCUT2D eigenvalue weighted by Gasteiger charge is 2.26. The summed E-state index contributed by atoms with van der Waals surface area (Å²) in [6.45, 7) is 3.30. The van der Waals surface area contributed by atoms with E-state index in [4.69, 9.17) is 5.11 Å². The number of hydrogen-bond acceptors (Lipinski definition) is 3. The standard InChI is InChI=1S/C14H25N3O4/c1-10(13(19)20)4-3-7-16-14(21)17-8-5-11(6-9-17)12(18)15-2/h10-11H,3-9H2,1-2H3,(H,15,18)(H,16,21)(H,19,20). The van der Waals surface area contributed by atoms with E-state index in [0.717, 1.165) is 0 Å². The zero-order valence-corrected chi connectivity index (χ0v) is 12.7. The maximum atomic E-state index is 11.9. The van der Waals surface area contributed by atoms with E-state index in [1.807, 2.05) is 0 Å². The Morgan fingerprint density at radius 3 is 2.43 bits per heavy atom. The van der Waals surface area contributed by atoms with E-state index < -0.39 is 5.97 Å². The number of nitrogens with zero attached hydrogens (tertiary/aromatic N) is 1. The van der Waals surface area contributed by atoms with Crippen molar-refractivity contribution < 1.29 is 19.5 Å². The third-order valence-corrected chi connectivity index (χ3v) is 3.91. The summed E-state index contributed by atoms with van der Waals surface area (Å²) in [4.78, 5) is 35.8. The Labute approximate surface area is 125 Å². The van der Waals surface area contributed by atoms with Crippen molar-refractivity contribution in [3.05, 3.63) is 0 Å². The molecule has 1 rings (SSSR count). The number of urea groups is 1. The Hall–Kier alpha value is -1.79. The summed E-state index contributed by atoms with van der Waals surface area (Å²) < 4.78 is 0. The van der Waals surface area contributed by atoms with Crippen LogP contribution in [0.3, 0.4) is 0 Å². The van der Waals surface area contributed by atoms with Crippen molar-refractivity contribution in [1.29, 1.82) is 0 Å². The lowest BCUT2D eigenvalue weighted by Crippen LogP contribution is -2.46. The van der Waals surface area contributed by atoms with Crippen LogP contribution >= 0.6 is 0 Å². The number of carbonyl (C=O) groups is 3. The molecular formula is C14H25N3O4. The number of aliphatic carboxylic acids is 1. The van der Waals surface area contributed by atoms with Gasteiger partial charge in [-0.15, -0.1) is 0 Å². The van der Waals surface area contributed by atoms with Crippen LogP contribution in [-0.4, -0.2) is 54.6 Å². The summed E-state index contributed by atoms with van der Waals surface area (Å²) in [5.74, 6) is -1.16. The predicted octanol–water partition coefficient (Wildman–Crippen LogP) is 0.655. The normalized spacial score (nSPS) is 17.1. The second-order valence-electron chi connectivity index (χ2n) is 5.49. The number of likely N-dealkylation sites (tertiary alicyclic amines) is 1. The van der Waals surface area contributed by atoms with Gasteiger partial charge in [0.15, 0.2) is 0 Å². The van der Waals surface area contributed by atoms with Crippen molar-refractivity contribution in [3.63, 3.8) is 0 Å². The number of carboxylic acid groups (broad SMARTS) is 1. The third kappa shape index (κ3) is 5.61. The molecule has 1 atom stereocenters. The van der Waals surface area contributed by atoms with Gasteiger partial charge in [-0.25, -0.2) is 4.79 Å². The van der Waals surface area contributed by atoms with Crippen molar-refractivity contribution in [1.82, 2.24) is 15.5 Å². The van der Waals surface area contributed by atoms with Gasteiger partial charge in [-0.05, 0) is 25.7 Å². The van der Waals surface area contributed by atoms with Crippen molar-refractivity contribution in [2.45, 2.75) is 32.6 Å². The van der Waals surface area contributed by atoms with Crippen LogP contribution < -0.4 is 10.6 Å². The molecule has 1 fully saturated rings. The molecular weight excluding hydrogens is 274 g/mol. The van der Waals surface area contributed by atoms with Crippen molar-refractivity contribution >= 4 is 17.9 Å². The summed E-state index contributed by atoms with van der Waals surface area (Å²) >= 11 is 0. The highest BCUT2D eigenvalue weighted by Crippen LogP contribution is 2.17. The van der Waals surface area contributed by atoms with Gasteiger partial charge in [-0.1, -0.05) is 6.92 Å². The van der Waals surface area contributed by atoms with Crippen LogP contribution in [0.1, 0.15) is 32.6 Å². The van der Waals surface area contributed by atoms with Crippen LogP contribution in [0.15, 0.2) is 0 Å². The maximum Gasteiger partial charge on any atom is 0.317 e. The van der Waals surface area contributed by atoms with E-state index in [0.29, 0.717) is 45.3 Å². The molecule has 1 saturated heterocycles. The molecule has 7 heteroatoms. The Balaban J connectivity index is 2.19. The van der Waals surface area contributed by atoms with E-state index in [1.54, 1.807) is 18.9 Å². The lowest BCUT2D eigenvalue weighted by molar-refractivity contribution is -0.141. The largest absolute Gasteiger partial charge is 0.481 e.